The van der Waals surface area contributed by atoms with Gasteiger partial charge in [0.15, 0.2) is 0 Å². The summed E-state index contributed by atoms with van der Waals surface area (Å²) in [6, 6.07) is 14.2. The maximum atomic E-state index is 12.5. The number of hydrogen-bond acceptors (Lipinski definition) is 4. The van der Waals surface area contributed by atoms with Crippen LogP contribution in [0.25, 0.3) is 0 Å². The van der Waals surface area contributed by atoms with Gasteiger partial charge in [0.05, 0.1) is 13.0 Å². The lowest BCUT2D eigenvalue weighted by molar-refractivity contribution is -0.144. The maximum Gasteiger partial charge on any atom is 0.314 e. The molecule has 4 nitrogen and oxygen atoms in total. The standard InChI is InChI=1S/C20H24N2O2/c1-24-20(23)19(17-9-3-2-4-10-17)18-11-5-6-13-22(18)15-16-8-7-12-21-14-16/h2-4,7-10,12,14,18-19H,5-6,11,13,15H2,1H3/t18-,19-/m1/s1. The van der Waals surface area contributed by atoms with Gasteiger partial charge in [-0.1, -0.05) is 42.8 Å². The lowest BCUT2D eigenvalue weighted by atomic mass is 9.85. The molecule has 126 valence electrons. The molecule has 1 aliphatic rings. The molecule has 1 aliphatic heterocycles. The van der Waals surface area contributed by atoms with Crippen molar-refractivity contribution in [2.75, 3.05) is 13.7 Å². The Balaban J connectivity index is 1.87. The second-order valence-corrected chi connectivity index (χ2v) is 6.31. The van der Waals surface area contributed by atoms with Crippen molar-refractivity contribution in [1.29, 1.82) is 0 Å². The summed E-state index contributed by atoms with van der Waals surface area (Å²) in [5.41, 5.74) is 2.22. The topological polar surface area (TPSA) is 42.4 Å². The van der Waals surface area contributed by atoms with Crippen LogP contribution in [0.2, 0.25) is 0 Å². The number of benzene rings is 1. The van der Waals surface area contributed by atoms with E-state index in [2.05, 4.69) is 16.0 Å². The molecule has 2 atom stereocenters. The Labute approximate surface area is 143 Å². The minimum absolute atomic E-state index is 0.149. The molecule has 0 bridgehead atoms. The first-order valence-electron chi connectivity index (χ1n) is 8.55. The van der Waals surface area contributed by atoms with Crippen molar-refractivity contribution in [2.45, 2.75) is 37.8 Å². The zero-order chi connectivity index (χ0) is 16.8. The fourth-order valence-electron chi connectivity index (χ4n) is 3.62. The first-order valence-corrected chi connectivity index (χ1v) is 8.55. The lowest BCUT2D eigenvalue weighted by Crippen LogP contribution is -2.45. The molecular formula is C20H24N2O2. The number of ether oxygens (including phenoxy) is 1. The lowest BCUT2D eigenvalue weighted by Gasteiger charge is -2.39. The Morgan fingerprint density at radius 3 is 2.79 bits per heavy atom. The summed E-state index contributed by atoms with van der Waals surface area (Å²) in [5.74, 6) is -0.391. The van der Waals surface area contributed by atoms with E-state index in [0.717, 1.165) is 31.5 Å². The van der Waals surface area contributed by atoms with Crippen LogP contribution < -0.4 is 0 Å². The maximum absolute atomic E-state index is 12.5. The molecule has 0 radical (unpaired) electrons. The first kappa shape index (κ1) is 16.7. The molecule has 0 saturated carbocycles. The van der Waals surface area contributed by atoms with Crippen molar-refractivity contribution in [3.8, 4) is 0 Å². The van der Waals surface area contributed by atoms with E-state index in [1.807, 2.05) is 42.6 Å². The number of carbonyl (C=O) groups excluding carboxylic acids is 1. The zero-order valence-corrected chi connectivity index (χ0v) is 14.1. The number of aromatic nitrogens is 1. The van der Waals surface area contributed by atoms with Crippen LogP contribution in [0.4, 0.5) is 0 Å². The number of carbonyl (C=O) groups is 1. The molecule has 3 rings (SSSR count). The largest absolute Gasteiger partial charge is 0.469 e. The Morgan fingerprint density at radius 1 is 1.25 bits per heavy atom. The van der Waals surface area contributed by atoms with Crippen LogP contribution in [0.5, 0.6) is 0 Å². The number of likely N-dealkylation sites (tertiary alicyclic amines) is 1. The van der Waals surface area contributed by atoms with Gasteiger partial charge in [0, 0.05) is 25.0 Å². The number of piperidine rings is 1. The fourth-order valence-corrected chi connectivity index (χ4v) is 3.62. The van der Waals surface area contributed by atoms with Gasteiger partial charge in [0.1, 0.15) is 0 Å². The predicted molar refractivity (Wildman–Crippen MR) is 93.5 cm³/mol. The molecule has 2 aromatic rings. The second-order valence-electron chi connectivity index (χ2n) is 6.31. The van der Waals surface area contributed by atoms with Gasteiger partial charge in [0.2, 0.25) is 0 Å². The van der Waals surface area contributed by atoms with Gasteiger partial charge < -0.3 is 4.74 Å². The molecule has 1 aromatic carbocycles. The van der Waals surface area contributed by atoms with Crippen molar-refractivity contribution in [3.63, 3.8) is 0 Å². The first-order chi connectivity index (χ1) is 11.8. The molecule has 4 heteroatoms. The van der Waals surface area contributed by atoms with Gasteiger partial charge in [-0.15, -0.1) is 0 Å². The van der Waals surface area contributed by atoms with E-state index in [0.29, 0.717) is 0 Å². The van der Waals surface area contributed by atoms with E-state index in [1.54, 1.807) is 6.20 Å². The van der Waals surface area contributed by atoms with Gasteiger partial charge in [-0.25, -0.2) is 0 Å². The van der Waals surface area contributed by atoms with Crippen LogP contribution in [0, 0.1) is 0 Å². The van der Waals surface area contributed by atoms with Gasteiger partial charge in [-0.3, -0.25) is 14.7 Å². The summed E-state index contributed by atoms with van der Waals surface area (Å²) < 4.78 is 5.14. The number of nitrogens with zero attached hydrogens (tertiary/aromatic N) is 2. The number of hydrogen-bond donors (Lipinski definition) is 0. The number of pyridine rings is 1. The van der Waals surface area contributed by atoms with Gasteiger partial charge in [0.25, 0.3) is 0 Å². The fraction of sp³-hybridized carbons (Fsp3) is 0.400. The Hall–Kier alpha value is -2.20. The van der Waals surface area contributed by atoms with Crippen LogP contribution in [0.1, 0.15) is 36.3 Å². The smallest absolute Gasteiger partial charge is 0.314 e. The average molecular weight is 324 g/mol. The Morgan fingerprint density at radius 2 is 2.08 bits per heavy atom. The van der Waals surface area contributed by atoms with E-state index in [-0.39, 0.29) is 17.9 Å². The molecule has 24 heavy (non-hydrogen) atoms. The summed E-state index contributed by atoms with van der Waals surface area (Å²) in [6.45, 7) is 1.82. The molecule has 0 aliphatic carbocycles. The predicted octanol–water partition coefficient (Wildman–Crippen LogP) is 3.39. The van der Waals surface area contributed by atoms with E-state index < -0.39 is 0 Å². The normalized spacial score (nSPS) is 19.6. The second kappa shape index (κ2) is 8.06. The van der Waals surface area contributed by atoms with Crippen molar-refractivity contribution >= 4 is 5.97 Å². The minimum Gasteiger partial charge on any atom is -0.469 e. The average Bonchev–Trinajstić information content (AvgIpc) is 2.65. The third-order valence-electron chi connectivity index (χ3n) is 4.77. The molecule has 1 saturated heterocycles. The highest BCUT2D eigenvalue weighted by Gasteiger charge is 2.36. The third-order valence-corrected chi connectivity index (χ3v) is 4.77. The quantitative estimate of drug-likeness (QED) is 0.791. The van der Waals surface area contributed by atoms with E-state index in [9.17, 15) is 4.79 Å². The van der Waals surface area contributed by atoms with Crippen LogP contribution in [-0.4, -0.2) is 35.5 Å². The number of methoxy groups -OCH3 is 1. The van der Waals surface area contributed by atoms with E-state index >= 15 is 0 Å². The molecular weight excluding hydrogens is 300 g/mol. The van der Waals surface area contributed by atoms with Gasteiger partial charge in [-0.2, -0.15) is 0 Å². The number of rotatable bonds is 5. The SMILES string of the molecule is COC(=O)[C@H](c1ccccc1)[C@H]1CCCCN1Cc1cccnc1. The van der Waals surface area contributed by atoms with Crippen LogP contribution >= 0.6 is 0 Å². The van der Waals surface area contributed by atoms with E-state index in [4.69, 9.17) is 4.74 Å². The molecule has 1 aromatic heterocycles. The zero-order valence-electron chi connectivity index (χ0n) is 14.1. The van der Waals surface area contributed by atoms with Gasteiger partial charge in [-0.05, 0) is 36.6 Å². The van der Waals surface area contributed by atoms with Gasteiger partial charge >= 0.3 is 5.97 Å². The molecule has 0 amide bonds. The van der Waals surface area contributed by atoms with Crippen LogP contribution in [-0.2, 0) is 16.1 Å². The summed E-state index contributed by atoms with van der Waals surface area (Å²) in [4.78, 5) is 19.2. The summed E-state index contributed by atoms with van der Waals surface area (Å²) in [7, 11) is 1.48. The summed E-state index contributed by atoms with van der Waals surface area (Å²) in [6.07, 6.45) is 7.02. The van der Waals surface area contributed by atoms with Crippen molar-refractivity contribution in [2.24, 2.45) is 0 Å². The molecule has 0 unspecified atom stereocenters. The van der Waals surface area contributed by atoms with Crippen molar-refractivity contribution in [1.82, 2.24) is 9.88 Å². The Bertz CT molecular complexity index is 645. The highest BCUT2D eigenvalue weighted by atomic mass is 16.5. The Kier molecular flexibility index (Phi) is 5.59. The molecule has 0 spiro atoms. The summed E-state index contributed by atoms with van der Waals surface area (Å²) in [5, 5.41) is 0. The van der Waals surface area contributed by atoms with Crippen LogP contribution in [0.3, 0.4) is 0 Å². The van der Waals surface area contributed by atoms with Crippen LogP contribution in [0.15, 0.2) is 54.9 Å². The molecule has 2 heterocycles. The summed E-state index contributed by atoms with van der Waals surface area (Å²) >= 11 is 0. The monoisotopic (exact) mass is 324 g/mol. The van der Waals surface area contributed by atoms with Crippen molar-refractivity contribution in [3.05, 3.63) is 66.0 Å². The highest BCUT2D eigenvalue weighted by Crippen LogP contribution is 2.32. The molecule has 0 N–H and O–H groups in total. The third kappa shape index (κ3) is 3.82. The van der Waals surface area contributed by atoms with E-state index in [1.165, 1.54) is 19.1 Å². The minimum atomic E-state index is -0.242. The molecule has 1 fully saturated rings. The van der Waals surface area contributed by atoms with Crippen molar-refractivity contribution < 1.29 is 9.53 Å². The highest BCUT2D eigenvalue weighted by molar-refractivity contribution is 5.79. The number of esters is 1.